The second-order valence-electron chi connectivity index (χ2n) is 35.3. The molecule has 6 nitrogen and oxygen atoms in total. The van der Waals surface area contributed by atoms with Crippen molar-refractivity contribution in [2.45, 2.75) is 529 Å². The van der Waals surface area contributed by atoms with E-state index in [0.717, 1.165) is 76.1 Å². The van der Waals surface area contributed by atoms with E-state index >= 15 is 0 Å². The standard InChI is InChI=1S/C99H182O6P2/c1-7-11-15-19-23-27-31-35-39-43-47-51-55-59-63-67-71-91-73-81-95(82-74-91)103-107(104-96-83-75-92(76-84-96)72-68-64-60-56-52-48-44-40-36-32-28-24-20-16-12-8-2)105-98-87-79-94(80-88-98)99(5,6)93-77-85-97(86-78-93)102-106(100-89-69-65-61-57-53-49-45-41-37-33-29-25-21-17-13-9-3)101-90-70-66-62-58-54-50-46-42-38-34-30-26-22-18-14-10-4/h73-76,81-84,93-94,97-98H,7-72,77-80,85-90H2,1-6H3. The van der Waals surface area contributed by atoms with E-state index < -0.39 is 17.2 Å². The van der Waals surface area contributed by atoms with Gasteiger partial charge in [0.15, 0.2) is 0 Å². The summed E-state index contributed by atoms with van der Waals surface area (Å²) in [5.41, 5.74) is 3.06. The molecule has 0 aliphatic heterocycles. The Kier molecular flexibility index (Phi) is 66.4. The van der Waals surface area contributed by atoms with Gasteiger partial charge in [-0.3, -0.25) is 4.52 Å². The molecule has 0 radical (unpaired) electrons. The zero-order valence-corrected chi connectivity index (χ0v) is 74.3. The summed E-state index contributed by atoms with van der Waals surface area (Å²) in [6.07, 6.45) is 101. The van der Waals surface area contributed by atoms with Gasteiger partial charge in [0.1, 0.15) is 11.5 Å². The minimum absolute atomic E-state index is 0.123. The van der Waals surface area contributed by atoms with Gasteiger partial charge in [0.25, 0.3) is 0 Å². The molecule has 0 unspecified atom stereocenters. The van der Waals surface area contributed by atoms with Gasteiger partial charge in [-0.15, -0.1) is 0 Å². The zero-order chi connectivity index (χ0) is 75.9. The number of rotatable bonds is 80. The maximum atomic E-state index is 7.00. The first-order valence-corrected chi connectivity index (χ1v) is 50.8. The molecule has 2 aromatic rings. The third-order valence-electron chi connectivity index (χ3n) is 25.2. The third-order valence-corrected chi connectivity index (χ3v) is 27.6. The van der Waals surface area contributed by atoms with Crippen molar-refractivity contribution in [3.05, 3.63) is 59.7 Å². The van der Waals surface area contributed by atoms with E-state index in [9.17, 15) is 0 Å². The first-order chi connectivity index (χ1) is 52.8. The lowest BCUT2D eigenvalue weighted by atomic mass is 9.60. The van der Waals surface area contributed by atoms with Crippen LogP contribution in [-0.4, -0.2) is 25.4 Å². The minimum atomic E-state index is -1.64. The molecule has 2 aliphatic carbocycles. The molecule has 2 aromatic carbocycles. The molecule has 0 bridgehead atoms. The average molecular weight is 1530 g/mol. The number of hydrogen-bond acceptors (Lipinski definition) is 6. The summed E-state index contributed by atoms with van der Waals surface area (Å²) < 4.78 is 40.6. The first-order valence-electron chi connectivity index (χ1n) is 48.6. The molecule has 8 heteroatoms. The molecule has 0 amide bonds. The Morgan fingerprint density at radius 3 is 0.664 bits per heavy atom. The molecule has 0 atom stereocenters. The fourth-order valence-electron chi connectivity index (χ4n) is 17.5. The van der Waals surface area contributed by atoms with Crippen LogP contribution in [0.15, 0.2) is 48.5 Å². The van der Waals surface area contributed by atoms with Crippen LogP contribution < -0.4 is 9.05 Å². The van der Waals surface area contributed by atoms with Gasteiger partial charge in [-0.25, -0.2) is 0 Å². The molecule has 0 saturated heterocycles. The Balaban J connectivity index is 1.21. The highest BCUT2D eigenvalue weighted by Gasteiger charge is 2.42. The topological polar surface area (TPSA) is 55.4 Å². The van der Waals surface area contributed by atoms with Gasteiger partial charge >= 0.3 is 17.2 Å². The maximum absolute atomic E-state index is 7.00. The van der Waals surface area contributed by atoms with Crippen molar-refractivity contribution in [3.63, 3.8) is 0 Å². The number of unbranched alkanes of at least 4 members (excludes halogenated alkanes) is 60. The largest absolute Gasteiger partial charge is 0.463 e. The summed E-state index contributed by atoms with van der Waals surface area (Å²) in [4.78, 5) is 0. The van der Waals surface area contributed by atoms with E-state index in [1.165, 1.54) is 435 Å². The van der Waals surface area contributed by atoms with Crippen molar-refractivity contribution < 1.29 is 27.1 Å². The Morgan fingerprint density at radius 1 is 0.243 bits per heavy atom. The monoisotopic (exact) mass is 1530 g/mol. The summed E-state index contributed by atoms with van der Waals surface area (Å²) in [5.74, 6) is 3.05. The van der Waals surface area contributed by atoms with Crippen LogP contribution in [0, 0.1) is 17.3 Å². The molecule has 0 aromatic heterocycles. The van der Waals surface area contributed by atoms with Gasteiger partial charge in [0.2, 0.25) is 0 Å². The van der Waals surface area contributed by atoms with Gasteiger partial charge in [-0.05, 0) is 143 Å². The average Bonchev–Trinajstić information content (AvgIpc) is 0.801. The predicted octanol–water partition coefficient (Wildman–Crippen LogP) is 35.9. The Bertz CT molecular complexity index is 2000. The number of benzene rings is 2. The van der Waals surface area contributed by atoms with E-state index in [-0.39, 0.29) is 17.6 Å². The van der Waals surface area contributed by atoms with Crippen LogP contribution >= 0.6 is 17.2 Å². The van der Waals surface area contributed by atoms with Crippen LogP contribution in [0.1, 0.15) is 515 Å². The van der Waals surface area contributed by atoms with E-state index in [4.69, 9.17) is 27.1 Å². The Labute approximate surface area is 670 Å². The quantitative estimate of drug-likeness (QED) is 0.0486. The molecule has 4 rings (SSSR count). The molecule has 2 saturated carbocycles. The summed E-state index contributed by atoms with van der Waals surface area (Å²) in [6.45, 7) is 16.0. The normalized spacial score (nSPS) is 16.4. The molecule has 624 valence electrons. The van der Waals surface area contributed by atoms with Crippen molar-refractivity contribution in [1.82, 2.24) is 0 Å². The van der Waals surface area contributed by atoms with Gasteiger partial charge in [-0.2, -0.15) is 0 Å². The molecular weight excluding hydrogens is 1350 g/mol. The summed E-state index contributed by atoms with van der Waals surface area (Å²) in [6, 6.07) is 17.8. The van der Waals surface area contributed by atoms with Crippen LogP contribution in [-0.2, 0) is 30.9 Å². The van der Waals surface area contributed by atoms with Crippen LogP contribution in [0.2, 0.25) is 0 Å². The molecule has 0 N–H and O–H groups in total. The van der Waals surface area contributed by atoms with Gasteiger partial charge in [0.05, 0.1) is 25.4 Å². The molecule has 2 aliphatic rings. The molecule has 0 heterocycles. The minimum Gasteiger partial charge on any atom is -0.418 e. The fraction of sp³-hybridized carbons (Fsp3) is 0.879. The van der Waals surface area contributed by atoms with Crippen molar-refractivity contribution in [1.29, 1.82) is 0 Å². The highest BCUT2D eigenvalue weighted by Crippen LogP contribution is 2.53. The lowest BCUT2D eigenvalue weighted by molar-refractivity contribution is 0.00530. The van der Waals surface area contributed by atoms with E-state index in [0.29, 0.717) is 11.8 Å². The Hall–Kier alpha value is -1.26. The SMILES string of the molecule is CCCCCCCCCCCCCCCCCCOP(OCCCCCCCCCCCCCCCCCC)OC1CCC(C(C)(C)C2CCC(OP(Oc3ccc(CCCCCCCCCCCCCCCCCC)cc3)Oc3ccc(CCCCCCCCCCCCCCCCCC)cc3)CC2)CC1. The van der Waals surface area contributed by atoms with Gasteiger partial charge < -0.3 is 22.6 Å². The van der Waals surface area contributed by atoms with Crippen molar-refractivity contribution in [3.8, 4) is 11.5 Å². The second-order valence-corrected chi connectivity index (χ2v) is 37.5. The zero-order valence-electron chi connectivity index (χ0n) is 72.5. The van der Waals surface area contributed by atoms with Crippen molar-refractivity contribution >= 4 is 17.2 Å². The highest BCUT2D eigenvalue weighted by molar-refractivity contribution is 7.42. The predicted molar refractivity (Wildman–Crippen MR) is 473 cm³/mol. The lowest BCUT2D eigenvalue weighted by Crippen LogP contribution is -2.38. The van der Waals surface area contributed by atoms with Crippen LogP contribution in [0.3, 0.4) is 0 Å². The maximum Gasteiger partial charge on any atom is 0.463 e. The van der Waals surface area contributed by atoms with Crippen LogP contribution in [0.5, 0.6) is 11.5 Å². The van der Waals surface area contributed by atoms with Crippen molar-refractivity contribution in [2.24, 2.45) is 17.3 Å². The third kappa shape index (κ3) is 55.8. The summed E-state index contributed by atoms with van der Waals surface area (Å²) in [7, 11) is -2.97. The second kappa shape index (κ2) is 72.4. The summed E-state index contributed by atoms with van der Waals surface area (Å²) >= 11 is 0. The van der Waals surface area contributed by atoms with E-state index in [2.05, 4.69) is 90.1 Å². The van der Waals surface area contributed by atoms with Gasteiger partial charge in [-0.1, -0.05) is 451 Å². The van der Waals surface area contributed by atoms with Gasteiger partial charge in [0, 0.05) is 0 Å². The Morgan fingerprint density at radius 2 is 0.439 bits per heavy atom. The van der Waals surface area contributed by atoms with Crippen LogP contribution in [0.25, 0.3) is 0 Å². The number of aryl methyl sites for hydroxylation is 2. The molecular formula is C99H182O6P2. The fourth-order valence-corrected chi connectivity index (χ4v) is 19.9. The highest BCUT2D eigenvalue weighted by atomic mass is 31.2. The van der Waals surface area contributed by atoms with E-state index in [1.54, 1.807) is 0 Å². The first kappa shape index (κ1) is 98.1. The van der Waals surface area contributed by atoms with Crippen molar-refractivity contribution in [2.75, 3.05) is 13.2 Å². The lowest BCUT2D eigenvalue weighted by Gasteiger charge is -2.46. The van der Waals surface area contributed by atoms with E-state index in [1.807, 2.05) is 0 Å². The van der Waals surface area contributed by atoms with Crippen LogP contribution in [0.4, 0.5) is 0 Å². The summed E-state index contributed by atoms with van der Waals surface area (Å²) in [5, 5.41) is 0. The molecule has 107 heavy (non-hydrogen) atoms. The molecule has 0 spiro atoms. The molecule has 2 fully saturated rings. The number of hydrogen-bond donors (Lipinski definition) is 0. The smallest absolute Gasteiger partial charge is 0.418 e.